The maximum absolute atomic E-state index is 8.46. The molecule has 0 aliphatic carbocycles. The van der Waals surface area contributed by atoms with E-state index in [0.29, 0.717) is 6.61 Å². The summed E-state index contributed by atoms with van der Waals surface area (Å²) in [4.78, 5) is 5.84. The second kappa shape index (κ2) is 5.10. The van der Waals surface area contributed by atoms with Gasteiger partial charge in [0.1, 0.15) is 0 Å². The molecule has 1 atom stereocenters. The van der Waals surface area contributed by atoms with Crippen molar-refractivity contribution in [2.75, 3.05) is 26.0 Å². The third kappa shape index (κ3) is 2.90. The van der Waals surface area contributed by atoms with Gasteiger partial charge in [-0.25, -0.2) is 0 Å². The van der Waals surface area contributed by atoms with E-state index in [9.17, 15) is 0 Å². The molecule has 0 amide bonds. The van der Waals surface area contributed by atoms with Gasteiger partial charge in [0, 0.05) is 13.1 Å². The van der Waals surface area contributed by atoms with E-state index in [4.69, 9.17) is 10.00 Å². The lowest BCUT2D eigenvalue weighted by Gasteiger charge is -2.32. The SMILES string of the molecule is CS/C(=N\C#N)N1CCOC(C)C1. The van der Waals surface area contributed by atoms with Crippen molar-refractivity contribution in [3.8, 4) is 6.19 Å². The van der Waals surface area contributed by atoms with E-state index in [0.717, 1.165) is 18.3 Å². The Balaban J connectivity index is 2.59. The molecule has 1 fully saturated rings. The van der Waals surface area contributed by atoms with Gasteiger partial charge >= 0.3 is 0 Å². The minimum absolute atomic E-state index is 0.227. The first-order valence-corrected chi connectivity index (χ1v) is 5.37. The predicted molar refractivity (Wildman–Crippen MR) is 53.6 cm³/mol. The number of hydrogen-bond donors (Lipinski definition) is 0. The van der Waals surface area contributed by atoms with E-state index in [1.165, 1.54) is 11.8 Å². The van der Waals surface area contributed by atoms with Gasteiger partial charge < -0.3 is 9.64 Å². The van der Waals surface area contributed by atoms with Crippen molar-refractivity contribution in [1.82, 2.24) is 4.90 Å². The molecule has 1 unspecified atom stereocenters. The maximum atomic E-state index is 8.46. The molecule has 1 aliphatic heterocycles. The van der Waals surface area contributed by atoms with Crippen LogP contribution in [0.3, 0.4) is 0 Å². The Labute approximate surface area is 82.6 Å². The van der Waals surface area contributed by atoms with Gasteiger partial charge in [-0.2, -0.15) is 5.26 Å². The molecule has 72 valence electrons. The lowest BCUT2D eigenvalue weighted by atomic mass is 10.3. The van der Waals surface area contributed by atoms with E-state index in [1.54, 1.807) is 0 Å². The van der Waals surface area contributed by atoms with Gasteiger partial charge in [0.15, 0.2) is 5.17 Å². The quantitative estimate of drug-likeness (QED) is 0.330. The van der Waals surface area contributed by atoms with Crippen LogP contribution in [0.15, 0.2) is 4.99 Å². The highest BCUT2D eigenvalue weighted by Crippen LogP contribution is 2.11. The van der Waals surface area contributed by atoms with Crippen LogP contribution in [0.25, 0.3) is 0 Å². The van der Waals surface area contributed by atoms with Crippen molar-refractivity contribution in [3.05, 3.63) is 0 Å². The first kappa shape index (κ1) is 10.4. The van der Waals surface area contributed by atoms with Crippen LogP contribution in [0.1, 0.15) is 6.92 Å². The van der Waals surface area contributed by atoms with E-state index >= 15 is 0 Å². The molecule has 0 aromatic heterocycles. The Bertz CT molecular complexity index is 236. The van der Waals surface area contributed by atoms with Crippen molar-refractivity contribution in [3.63, 3.8) is 0 Å². The zero-order valence-corrected chi connectivity index (χ0v) is 8.67. The van der Waals surface area contributed by atoms with Gasteiger partial charge in [-0.15, -0.1) is 4.99 Å². The van der Waals surface area contributed by atoms with Crippen LogP contribution >= 0.6 is 11.8 Å². The van der Waals surface area contributed by atoms with E-state index < -0.39 is 0 Å². The van der Waals surface area contributed by atoms with Crippen LogP contribution in [-0.2, 0) is 4.74 Å². The molecule has 1 saturated heterocycles. The second-order valence-corrected chi connectivity index (χ2v) is 3.60. The molecule has 0 radical (unpaired) electrons. The number of ether oxygens (including phenoxy) is 1. The lowest BCUT2D eigenvalue weighted by molar-refractivity contribution is 0.00684. The summed E-state index contributed by atoms with van der Waals surface area (Å²) in [7, 11) is 0. The summed E-state index contributed by atoms with van der Waals surface area (Å²) < 4.78 is 5.39. The first-order chi connectivity index (χ1) is 6.27. The Hall–Kier alpha value is -0.730. The molecular formula is C8H13N3OS. The number of nitriles is 1. The molecule has 0 bridgehead atoms. The fraction of sp³-hybridized carbons (Fsp3) is 0.750. The molecule has 0 N–H and O–H groups in total. The number of morpholine rings is 1. The van der Waals surface area contributed by atoms with Gasteiger partial charge in [-0.3, -0.25) is 0 Å². The highest BCUT2D eigenvalue weighted by molar-refractivity contribution is 8.13. The fourth-order valence-corrected chi connectivity index (χ4v) is 1.84. The number of aliphatic imine (C=N–C) groups is 1. The average molecular weight is 199 g/mol. The monoisotopic (exact) mass is 199 g/mol. The minimum atomic E-state index is 0.227. The van der Waals surface area contributed by atoms with Crippen LogP contribution in [0.5, 0.6) is 0 Å². The summed E-state index contributed by atoms with van der Waals surface area (Å²) in [5, 5.41) is 9.25. The van der Waals surface area contributed by atoms with Crippen LogP contribution in [-0.4, -0.2) is 42.1 Å². The minimum Gasteiger partial charge on any atom is -0.375 e. The van der Waals surface area contributed by atoms with E-state index in [2.05, 4.69) is 9.89 Å². The van der Waals surface area contributed by atoms with Crippen LogP contribution in [0.2, 0.25) is 0 Å². The van der Waals surface area contributed by atoms with Crippen molar-refractivity contribution < 1.29 is 4.74 Å². The Morgan fingerprint density at radius 1 is 1.77 bits per heavy atom. The van der Waals surface area contributed by atoms with Gasteiger partial charge in [0.2, 0.25) is 6.19 Å². The van der Waals surface area contributed by atoms with Crippen LogP contribution < -0.4 is 0 Å². The average Bonchev–Trinajstić information content (AvgIpc) is 2.14. The Morgan fingerprint density at radius 3 is 3.08 bits per heavy atom. The number of nitrogens with zero attached hydrogens (tertiary/aromatic N) is 3. The summed E-state index contributed by atoms with van der Waals surface area (Å²) in [6, 6.07) is 0. The molecule has 1 rings (SSSR count). The van der Waals surface area contributed by atoms with Crippen LogP contribution in [0.4, 0.5) is 0 Å². The van der Waals surface area contributed by atoms with Crippen molar-refractivity contribution in [2.45, 2.75) is 13.0 Å². The summed E-state index contributed by atoms with van der Waals surface area (Å²) in [6.07, 6.45) is 3.97. The third-order valence-corrected chi connectivity index (χ3v) is 2.55. The molecular weight excluding hydrogens is 186 g/mol. The van der Waals surface area contributed by atoms with Crippen molar-refractivity contribution in [2.24, 2.45) is 4.99 Å². The number of rotatable bonds is 0. The highest BCUT2D eigenvalue weighted by Gasteiger charge is 2.19. The predicted octanol–water partition coefficient (Wildman–Crippen LogP) is 0.907. The molecule has 5 heteroatoms. The van der Waals surface area contributed by atoms with E-state index in [1.807, 2.05) is 19.4 Å². The standard InChI is InChI=1S/C8H13N3OS/c1-7-5-11(3-4-12-7)8(13-2)10-6-9/h7H,3-5H2,1-2H3/b10-8-. The molecule has 0 aromatic carbocycles. The second-order valence-electron chi connectivity index (χ2n) is 2.83. The van der Waals surface area contributed by atoms with Crippen LogP contribution in [0, 0.1) is 11.5 Å². The number of thioether (sulfide) groups is 1. The Morgan fingerprint density at radius 2 is 2.54 bits per heavy atom. The largest absolute Gasteiger partial charge is 0.375 e. The summed E-state index contributed by atoms with van der Waals surface area (Å²) in [6.45, 7) is 4.38. The van der Waals surface area contributed by atoms with E-state index in [-0.39, 0.29) is 6.10 Å². The molecule has 0 spiro atoms. The van der Waals surface area contributed by atoms with Gasteiger partial charge in [0.05, 0.1) is 12.7 Å². The fourth-order valence-electron chi connectivity index (χ4n) is 1.28. The maximum Gasteiger partial charge on any atom is 0.208 e. The normalized spacial score (nSPS) is 24.2. The molecule has 1 aliphatic rings. The topological polar surface area (TPSA) is 48.6 Å². The summed E-state index contributed by atoms with van der Waals surface area (Å²) >= 11 is 1.50. The van der Waals surface area contributed by atoms with Gasteiger partial charge in [0.25, 0.3) is 0 Å². The first-order valence-electron chi connectivity index (χ1n) is 4.15. The molecule has 0 saturated carbocycles. The third-order valence-electron chi connectivity index (χ3n) is 1.84. The molecule has 4 nitrogen and oxygen atoms in total. The van der Waals surface area contributed by atoms with Gasteiger partial charge in [-0.1, -0.05) is 11.8 Å². The molecule has 1 heterocycles. The van der Waals surface area contributed by atoms with Crippen molar-refractivity contribution in [1.29, 1.82) is 5.26 Å². The Kier molecular flexibility index (Phi) is 4.06. The smallest absolute Gasteiger partial charge is 0.208 e. The van der Waals surface area contributed by atoms with Gasteiger partial charge in [-0.05, 0) is 13.2 Å². The summed E-state index contributed by atoms with van der Waals surface area (Å²) in [5.74, 6) is 0. The zero-order chi connectivity index (χ0) is 9.68. The summed E-state index contributed by atoms with van der Waals surface area (Å²) in [5.41, 5.74) is 0. The van der Waals surface area contributed by atoms with Crippen molar-refractivity contribution >= 4 is 16.9 Å². The molecule has 0 aromatic rings. The molecule has 13 heavy (non-hydrogen) atoms. The zero-order valence-electron chi connectivity index (χ0n) is 7.86. The highest BCUT2D eigenvalue weighted by atomic mass is 32.2. The lowest BCUT2D eigenvalue weighted by Crippen LogP contribution is -2.43. The number of hydrogen-bond acceptors (Lipinski definition) is 4. The number of amidine groups is 1.